The number of nitrogens with one attached hydrogen (secondary N) is 1. The Morgan fingerprint density at radius 2 is 1.67 bits per heavy atom. The summed E-state index contributed by atoms with van der Waals surface area (Å²) >= 11 is 0. The predicted molar refractivity (Wildman–Crippen MR) is 103 cm³/mol. The molecular weight excluding hydrogens is 344 g/mol. The number of hydrogen-bond acceptors (Lipinski definition) is 4. The predicted octanol–water partition coefficient (Wildman–Crippen LogP) is 3.19. The number of carbonyl (C=O) groups excluding carboxylic acids is 2. The van der Waals surface area contributed by atoms with E-state index in [4.69, 9.17) is 9.47 Å². The molecule has 1 heterocycles. The second kappa shape index (κ2) is 8.58. The molecule has 0 bridgehead atoms. The van der Waals surface area contributed by atoms with Crippen LogP contribution in [0.1, 0.15) is 23.2 Å². The first kappa shape index (κ1) is 18.8. The molecule has 0 unspecified atom stereocenters. The van der Waals surface area contributed by atoms with Crippen LogP contribution in [0.5, 0.6) is 11.5 Å². The highest BCUT2D eigenvalue weighted by Crippen LogP contribution is 2.32. The van der Waals surface area contributed by atoms with E-state index in [-0.39, 0.29) is 17.7 Å². The summed E-state index contributed by atoms with van der Waals surface area (Å²) in [6.07, 6.45) is 1.27. The number of likely N-dealkylation sites (tertiary alicyclic amines) is 1. The Kier molecular flexibility index (Phi) is 5.96. The van der Waals surface area contributed by atoms with Gasteiger partial charge in [0.05, 0.1) is 19.8 Å². The van der Waals surface area contributed by atoms with Crippen molar-refractivity contribution in [2.45, 2.75) is 12.8 Å². The third kappa shape index (κ3) is 4.22. The molecule has 1 N–H and O–H groups in total. The smallest absolute Gasteiger partial charge is 0.257 e. The molecular formula is C21H24N2O4. The lowest BCUT2D eigenvalue weighted by Crippen LogP contribution is -2.41. The van der Waals surface area contributed by atoms with Gasteiger partial charge >= 0.3 is 0 Å². The number of benzene rings is 2. The van der Waals surface area contributed by atoms with Gasteiger partial charge in [-0.15, -0.1) is 0 Å². The van der Waals surface area contributed by atoms with Crippen molar-refractivity contribution in [3.63, 3.8) is 0 Å². The first-order valence-corrected chi connectivity index (χ1v) is 9.00. The quantitative estimate of drug-likeness (QED) is 0.880. The van der Waals surface area contributed by atoms with Crippen molar-refractivity contribution in [1.82, 2.24) is 4.90 Å². The summed E-state index contributed by atoms with van der Waals surface area (Å²) in [5, 5.41) is 2.94. The number of ether oxygens (including phenoxy) is 2. The van der Waals surface area contributed by atoms with Crippen molar-refractivity contribution < 1.29 is 19.1 Å². The number of hydrogen-bond donors (Lipinski definition) is 1. The molecule has 6 heteroatoms. The van der Waals surface area contributed by atoms with Crippen molar-refractivity contribution >= 4 is 17.5 Å². The summed E-state index contributed by atoms with van der Waals surface area (Å²) in [6.45, 7) is 1.07. The lowest BCUT2D eigenvalue weighted by molar-refractivity contribution is -0.121. The molecule has 1 saturated heterocycles. The molecule has 1 aliphatic rings. The minimum Gasteiger partial charge on any atom is -0.493 e. The summed E-state index contributed by atoms with van der Waals surface area (Å²) in [4.78, 5) is 27.1. The highest BCUT2D eigenvalue weighted by Gasteiger charge is 2.29. The van der Waals surface area contributed by atoms with Crippen LogP contribution < -0.4 is 14.8 Å². The van der Waals surface area contributed by atoms with Crippen LogP contribution in [0.3, 0.4) is 0 Å². The van der Waals surface area contributed by atoms with E-state index in [2.05, 4.69) is 5.32 Å². The van der Waals surface area contributed by atoms with Gasteiger partial charge in [0.1, 0.15) is 0 Å². The van der Waals surface area contributed by atoms with Crippen molar-refractivity contribution in [3.8, 4) is 11.5 Å². The normalized spacial score (nSPS) is 14.5. The molecule has 0 aromatic heterocycles. The molecule has 1 fully saturated rings. The standard InChI is InChI=1S/C21H24N2O4/c1-26-18-10-6-9-17(19(18)27-2)21(25)23-13-11-15(12-14-23)20(24)22-16-7-4-3-5-8-16/h3-10,15H,11-14H2,1-2H3,(H,22,24). The number of methoxy groups -OCH3 is 2. The van der Waals surface area contributed by atoms with Crippen molar-refractivity contribution in [1.29, 1.82) is 0 Å². The van der Waals surface area contributed by atoms with Crippen LogP contribution in [0, 0.1) is 5.92 Å². The monoisotopic (exact) mass is 368 g/mol. The summed E-state index contributed by atoms with van der Waals surface area (Å²) in [5.41, 5.74) is 1.27. The van der Waals surface area contributed by atoms with Gasteiger partial charge in [0.25, 0.3) is 5.91 Å². The lowest BCUT2D eigenvalue weighted by Gasteiger charge is -2.31. The van der Waals surface area contributed by atoms with E-state index >= 15 is 0 Å². The molecule has 0 spiro atoms. The molecule has 0 saturated carbocycles. The maximum absolute atomic E-state index is 12.9. The minimum atomic E-state index is -0.104. The van der Waals surface area contributed by atoms with Gasteiger partial charge in [0, 0.05) is 24.7 Å². The third-order valence-electron chi connectivity index (χ3n) is 4.83. The van der Waals surface area contributed by atoms with Crippen molar-refractivity contribution in [2.75, 3.05) is 32.6 Å². The van der Waals surface area contributed by atoms with Gasteiger partial charge < -0.3 is 19.7 Å². The van der Waals surface area contributed by atoms with E-state index in [0.717, 1.165) is 5.69 Å². The molecule has 27 heavy (non-hydrogen) atoms. The molecule has 0 atom stereocenters. The molecule has 2 aromatic rings. The SMILES string of the molecule is COc1cccc(C(=O)N2CCC(C(=O)Nc3ccccc3)CC2)c1OC. The topological polar surface area (TPSA) is 67.9 Å². The number of piperidine rings is 1. The molecule has 6 nitrogen and oxygen atoms in total. The van der Waals surface area contributed by atoms with Gasteiger partial charge in [-0.2, -0.15) is 0 Å². The zero-order valence-electron chi connectivity index (χ0n) is 15.6. The first-order valence-electron chi connectivity index (χ1n) is 9.00. The van der Waals surface area contributed by atoms with Gasteiger partial charge in [-0.3, -0.25) is 9.59 Å². The molecule has 142 valence electrons. The Balaban J connectivity index is 1.62. The maximum atomic E-state index is 12.9. The summed E-state index contributed by atoms with van der Waals surface area (Å²) in [5.74, 6) is 0.774. The fourth-order valence-corrected chi connectivity index (χ4v) is 3.34. The molecule has 2 amide bonds. The van der Waals surface area contributed by atoms with E-state index in [1.165, 1.54) is 7.11 Å². The Morgan fingerprint density at radius 1 is 0.963 bits per heavy atom. The van der Waals surface area contributed by atoms with Gasteiger partial charge in [0.15, 0.2) is 11.5 Å². The lowest BCUT2D eigenvalue weighted by atomic mass is 9.95. The number of amides is 2. The van der Waals surface area contributed by atoms with Gasteiger partial charge in [0.2, 0.25) is 5.91 Å². The van der Waals surface area contributed by atoms with Crippen LogP contribution in [0.4, 0.5) is 5.69 Å². The number of rotatable bonds is 5. The zero-order valence-corrected chi connectivity index (χ0v) is 15.6. The number of carbonyl (C=O) groups is 2. The second-order valence-corrected chi connectivity index (χ2v) is 6.46. The molecule has 1 aliphatic heterocycles. The van der Waals surface area contributed by atoms with Gasteiger partial charge in [-0.25, -0.2) is 0 Å². The minimum absolute atomic E-state index is 0.00672. The van der Waals surface area contributed by atoms with E-state index in [9.17, 15) is 9.59 Å². The first-order chi connectivity index (χ1) is 13.1. The van der Waals surface area contributed by atoms with E-state index in [0.29, 0.717) is 43.0 Å². The van der Waals surface area contributed by atoms with Crippen LogP contribution in [0.25, 0.3) is 0 Å². The Morgan fingerprint density at radius 3 is 2.30 bits per heavy atom. The van der Waals surface area contributed by atoms with Crippen molar-refractivity contribution in [2.24, 2.45) is 5.92 Å². The van der Waals surface area contributed by atoms with Gasteiger partial charge in [-0.1, -0.05) is 24.3 Å². The van der Waals surface area contributed by atoms with Crippen LogP contribution in [0.2, 0.25) is 0 Å². The molecule has 2 aromatic carbocycles. The second-order valence-electron chi connectivity index (χ2n) is 6.46. The van der Waals surface area contributed by atoms with Crippen LogP contribution in [-0.2, 0) is 4.79 Å². The summed E-state index contributed by atoms with van der Waals surface area (Å²) < 4.78 is 10.6. The summed E-state index contributed by atoms with van der Waals surface area (Å²) in [7, 11) is 3.07. The van der Waals surface area contributed by atoms with E-state index in [1.807, 2.05) is 30.3 Å². The van der Waals surface area contributed by atoms with E-state index < -0.39 is 0 Å². The maximum Gasteiger partial charge on any atom is 0.257 e. The highest BCUT2D eigenvalue weighted by atomic mass is 16.5. The zero-order chi connectivity index (χ0) is 19.2. The largest absolute Gasteiger partial charge is 0.493 e. The van der Waals surface area contributed by atoms with Crippen LogP contribution >= 0.6 is 0 Å². The fourth-order valence-electron chi connectivity index (χ4n) is 3.34. The Labute approximate surface area is 159 Å². The van der Waals surface area contributed by atoms with Crippen LogP contribution in [0.15, 0.2) is 48.5 Å². The number of anilines is 1. The summed E-state index contributed by atoms with van der Waals surface area (Å²) in [6, 6.07) is 14.7. The van der Waals surface area contributed by atoms with E-state index in [1.54, 1.807) is 30.2 Å². The van der Waals surface area contributed by atoms with Crippen LogP contribution in [-0.4, -0.2) is 44.0 Å². The number of nitrogens with zero attached hydrogens (tertiary/aromatic N) is 1. The van der Waals surface area contributed by atoms with Gasteiger partial charge in [-0.05, 0) is 37.1 Å². The molecule has 0 aliphatic carbocycles. The number of para-hydroxylation sites is 2. The Hall–Kier alpha value is -3.02. The average molecular weight is 368 g/mol. The molecule has 3 rings (SSSR count). The fraction of sp³-hybridized carbons (Fsp3) is 0.333. The third-order valence-corrected chi connectivity index (χ3v) is 4.83. The molecule has 0 radical (unpaired) electrons. The Bertz CT molecular complexity index is 799. The highest BCUT2D eigenvalue weighted by molar-refractivity contribution is 5.98. The average Bonchev–Trinajstić information content (AvgIpc) is 2.73. The van der Waals surface area contributed by atoms with Crippen molar-refractivity contribution in [3.05, 3.63) is 54.1 Å².